The molecule has 15 heavy (non-hydrogen) atoms. The van der Waals surface area contributed by atoms with Gasteiger partial charge in [0.25, 0.3) is 0 Å². The van der Waals surface area contributed by atoms with E-state index in [1.54, 1.807) is 25.7 Å². The summed E-state index contributed by atoms with van der Waals surface area (Å²) in [5.74, 6) is 0.0998. The van der Waals surface area contributed by atoms with E-state index in [9.17, 15) is 4.79 Å². The first-order chi connectivity index (χ1) is 6.94. The van der Waals surface area contributed by atoms with Crippen LogP contribution >= 0.6 is 11.6 Å². The van der Waals surface area contributed by atoms with Crippen LogP contribution in [-0.2, 0) is 4.79 Å². The lowest BCUT2D eigenvalue weighted by Crippen LogP contribution is -2.50. The van der Waals surface area contributed by atoms with Gasteiger partial charge >= 0.3 is 0 Å². The minimum Gasteiger partial charge on any atom is -0.321 e. The molecule has 1 unspecified atom stereocenters. The van der Waals surface area contributed by atoms with Crippen LogP contribution in [0.2, 0.25) is 0 Å². The maximum atomic E-state index is 12.1. The predicted molar refractivity (Wildman–Crippen MR) is 59.4 cm³/mol. The van der Waals surface area contributed by atoms with Gasteiger partial charge in [-0.25, -0.2) is 0 Å². The van der Waals surface area contributed by atoms with Gasteiger partial charge in [-0.05, 0) is 26.7 Å². The number of alkyl halides is 1. The van der Waals surface area contributed by atoms with Gasteiger partial charge in [0.05, 0.1) is 6.07 Å². The van der Waals surface area contributed by atoms with Crippen molar-refractivity contribution in [3.05, 3.63) is 0 Å². The fourth-order valence-corrected chi connectivity index (χ4v) is 1.73. The van der Waals surface area contributed by atoms with Gasteiger partial charge in [-0.3, -0.25) is 4.79 Å². The Kier molecular flexibility index (Phi) is 3.62. The smallest absolute Gasteiger partial charge is 0.228 e. The highest BCUT2D eigenvalue weighted by Gasteiger charge is 2.42. The fraction of sp³-hybridized carbons (Fsp3) is 0.818. The molecule has 1 aliphatic carbocycles. The van der Waals surface area contributed by atoms with Gasteiger partial charge in [0.2, 0.25) is 5.91 Å². The Morgan fingerprint density at radius 3 is 2.53 bits per heavy atom. The third kappa shape index (κ3) is 2.63. The van der Waals surface area contributed by atoms with Crippen molar-refractivity contribution in [1.29, 1.82) is 5.26 Å². The Morgan fingerprint density at radius 1 is 1.67 bits per heavy atom. The molecule has 1 rings (SSSR count). The second-order valence-electron chi connectivity index (χ2n) is 4.67. The highest BCUT2D eigenvalue weighted by atomic mass is 35.5. The van der Waals surface area contributed by atoms with Gasteiger partial charge < -0.3 is 4.90 Å². The lowest BCUT2D eigenvalue weighted by atomic mass is 10.0. The van der Waals surface area contributed by atoms with Gasteiger partial charge in [0.15, 0.2) is 0 Å². The Morgan fingerprint density at radius 2 is 2.20 bits per heavy atom. The van der Waals surface area contributed by atoms with Gasteiger partial charge in [-0.1, -0.05) is 6.92 Å². The maximum Gasteiger partial charge on any atom is 0.228 e. The number of nitrogens with zero attached hydrogens (tertiary/aromatic N) is 2. The third-order valence-corrected chi connectivity index (χ3v) is 3.14. The molecule has 3 nitrogen and oxygen atoms in total. The molecule has 1 aliphatic rings. The summed E-state index contributed by atoms with van der Waals surface area (Å²) in [6.07, 6.45) is 2.01. The molecule has 0 radical (unpaired) electrons. The quantitative estimate of drug-likeness (QED) is 0.693. The topological polar surface area (TPSA) is 44.1 Å². The zero-order valence-corrected chi connectivity index (χ0v) is 10.2. The lowest BCUT2D eigenvalue weighted by molar-refractivity contribution is -0.138. The van der Waals surface area contributed by atoms with E-state index in [1.165, 1.54) is 0 Å². The second kappa shape index (κ2) is 4.40. The molecule has 0 aromatic carbocycles. The van der Waals surface area contributed by atoms with E-state index < -0.39 is 5.54 Å². The molecule has 0 aliphatic heterocycles. The van der Waals surface area contributed by atoms with Crippen molar-refractivity contribution in [1.82, 2.24) is 4.90 Å². The summed E-state index contributed by atoms with van der Waals surface area (Å²) in [7, 11) is 0. The van der Waals surface area contributed by atoms with Crippen LogP contribution in [0.3, 0.4) is 0 Å². The Balaban J connectivity index is 2.84. The van der Waals surface area contributed by atoms with Crippen molar-refractivity contribution in [3.8, 4) is 6.07 Å². The van der Waals surface area contributed by atoms with Crippen molar-refractivity contribution in [2.75, 3.05) is 5.88 Å². The summed E-state index contributed by atoms with van der Waals surface area (Å²) in [5.41, 5.74) is -0.724. The average Bonchev–Trinajstić information content (AvgIpc) is 3.00. The molecule has 0 heterocycles. The van der Waals surface area contributed by atoms with Gasteiger partial charge in [-0.2, -0.15) is 5.26 Å². The zero-order valence-electron chi connectivity index (χ0n) is 9.46. The van der Waals surface area contributed by atoms with E-state index in [0.29, 0.717) is 5.88 Å². The highest BCUT2D eigenvalue weighted by Crippen LogP contribution is 2.34. The highest BCUT2D eigenvalue weighted by molar-refractivity contribution is 6.19. The van der Waals surface area contributed by atoms with Crippen LogP contribution in [0.5, 0.6) is 0 Å². The van der Waals surface area contributed by atoms with Gasteiger partial charge in [0, 0.05) is 17.8 Å². The minimum atomic E-state index is -0.724. The molecular weight excluding hydrogens is 212 g/mol. The number of hydrogen-bond acceptors (Lipinski definition) is 2. The average molecular weight is 229 g/mol. The molecule has 1 atom stereocenters. The first-order valence-corrected chi connectivity index (χ1v) is 5.78. The minimum absolute atomic E-state index is 0.000880. The number of rotatable bonds is 4. The molecule has 0 saturated heterocycles. The predicted octanol–water partition coefficient (Wildman–Crippen LogP) is 2.15. The van der Waals surface area contributed by atoms with E-state index in [-0.39, 0.29) is 17.9 Å². The number of amides is 1. The van der Waals surface area contributed by atoms with Crippen LogP contribution in [0.15, 0.2) is 0 Å². The molecule has 1 saturated carbocycles. The van der Waals surface area contributed by atoms with Crippen LogP contribution in [0.1, 0.15) is 33.6 Å². The fourth-order valence-electron chi connectivity index (χ4n) is 1.60. The molecule has 1 amide bonds. The maximum absolute atomic E-state index is 12.1. The molecule has 1 fully saturated rings. The van der Waals surface area contributed by atoms with Crippen LogP contribution in [-0.4, -0.2) is 28.3 Å². The number of nitriles is 1. The Hall–Kier alpha value is -0.750. The van der Waals surface area contributed by atoms with Crippen molar-refractivity contribution < 1.29 is 4.79 Å². The number of hydrogen-bond donors (Lipinski definition) is 0. The van der Waals surface area contributed by atoms with Crippen molar-refractivity contribution in [3.63, 3.8) is 0 Å². The summed E-state index contributed by atoms with van der Waals surface area (Å²) in [5, 5.41) is 9.07. The molecular formula is C11H17ClN2O. The largest absolute Gasteiger partial charge is 0.321 e. The van der Waals surface area contributed by atoms with E-state index in [1.807, 2.05) is 0 Å². The van der Waals surface area contributed by atoms with Crippen LogP contribution in [0, 0.1) is 17.2 Å². The van der Waals surface area contributed by atoms with Crippen LogP contribution < -0.4 is 0 Å². The first kappa shape index (κ1) is 12.3. The van der Waals surface area contributed by atoms with E-state index in [2.05, 4.69) is 6.07 Å². The Labute approximate surface area is 96.0 Å². The molecule has 0 aromatic rings. The molecule has 0 N–H and O–H groups in total. The summed E-state index contributed by atoms with van der Waals surface area (Å²) in [6, 6.07) is 2.43. The van der Waals surface area contributed by atoms with E-state index in [0.717, 1.165) is 12.8 Å². The summed E-state index contributed by atoms with van der Waals surface area (Å²) < 4.78 is 0. The third-order valence-electron chi connectivity index (χ3n) is 2.68. The summed E-state index contributed by atoms with van der Waals surface area (Å²) in [6.45, 7) is 5.37. The van der Waals surface area contributed by atoms with Crippen molar-refractivity contribution >= 4 is 17.5 Å². The van der Waals surface area contributed by atoms with E-state index >= 15 is 0 Å². The van der Waals surface area contributed by atoms with Gasteiger partial charge in [0.1, 0.15) is 5.54 Å². The monoisotopic (exact) mass is 228 g/mol. The summed E-state index contributed by atoms with van der Waals surface area (Å²) in [4.78, 5) is 13.8. The van der Waals surface area contributed by atoms with E-state index in [4.69, 9.17) is 16.9 Å². The summed E-state index contributed by atoms with van der Waals surface area (Å²) >= 11 is 5.68. The normalized spacial score (nSPS) is 18.1. The zero-order chi connectivity index (χ0) is 11.6. The second-order valence-corrected chi connectivity index (χ2v) is 4.97. The number of carbonyl (C=O) groups excluding carboxylic acids is 1. The molecule has 0 aromatic heterocycles. The molecule has 4 heteroatoms. The number of carbonyl (C=O) groups is 1. The van der Waals surface area contributed by atoms with Crippen molar-refractivity contribution in [2.24, 2.45) is 5.92 Å². The first-order valence-electron chi connectivity index (χ1n) is 5.24. The van der Waals surface area contributed by atoms with Crippen molar-refractivity contribution in [2.45, 2.75) is 45.2 Å². The molecule has 0 spiro atoms. The van der Waals surface area contributed by atoms with Crippen LogP contribution in [0.4, 0.5) is 0 Å². The standard InChI is InChI=1S/C11H17ClN2O/c1-8(6-12)10(15)14(9-4-5-9)11(2,3)7-13/h8-9H,4-6H2,1-3H3. The Bertz CT molecular complexity index is 291. The SMILES string of the molecule is CC(CCl)C(=O)N(C1CC1)C(C)(C)C#N. The molecule has 0 bridgehead atoms. The van der Waals surface area contributed by atoms with Gasteiger partial charge in [-0.15, -0.1) is 11.6 Å². The van der Waals surface area contributed by atoms with Crippen LogP contribution in [0.25, 0.3) is 0 Å². The lowest BCUT2D eigenvalue weighted by Gasteiger charge is -2.35. The number of halogens is 1. The molecule has 84 valence electrons.